The van der Waals surface area contributed by atoms with Crippen LogP contribution in [0.25, 0.3) is 0 Å². The van der Waals surface area contributed by atoms with Gasteiger partial charge in [-0.2, -0.15) is 0 Å². The van der Waals surface area contributed by atoms with E-state index in [9.17, 15) is 9.90 Å². The summed E-state index contributed by atoms with van der Waals surface area (Å²) < 4.78 is 5.31. The van der Waals surface area contributed by atoms with Gasteiger partial charge in [-0.1, -0.05) is 12.1 Å². The number of ether oxygens (including phenoxy) is 1. The van der Waals surface area contributed by atoms with Gasteiger partial charge in [-0.3, -0.25) is 0 Å². The highest BCUT2D eigenvalue weighted by Crippen LogP contribution is 2.24. The molecule has 1 aliphatic rings. The lowest BCUT2D eigenvalue weighted by atomic mass is 9.97. The van der Waals surface area contributed by atoms with Crippen LogP contribution in [0.2, 0.25) is 0 Å². The lowest BCUT2D eigenvalue weighted by Crippen LogP contribution is -2.48. The van der Waals surface area contributed by atoms with Gasteiger partial charge in [-0.05, 0) is 31.5 Å². The van der Waals surface area contributed by atoms with E-state index in [1.54, 1.807) is 0 Å². The van der Waals surface area contributed by atoms with Crippen molar-refractivity contribution in [3.63, 3.8) is 0 Å². The Bertz CT molecular complexity index is 464. The number of benzene rings is 1. The Morgan fingerprint density at radius 1 is 1.58 bits per heavy atom. The van der Waals surface area contributed by atoms with Gasteiger partial charge >= 0.3 is 6.03 Å². The molecule has 0 radical (unpaired) electrons. The molecule has 2 rings (SSSR count). The number of anilines is 1. The molecule has 104 valence electrons. The summed E-state index contributed by atoms with van der Waals surface area (Å²) in [4.78, 5) is 11.8. The number of carbonyl (C=O) groups is 1. The molecule has 0 aliphatic carbocycles. The van der Waals surface area contributed by atoms with Gasteiger partial charge in [0.15, 0.2) is 0 Å². The number of amides is 2. The lowest BCUT2D eigenvalue weighted by molar-refractivity contribution is -0.0241. The Morgan fingerprint density at radius 3 is 3.00 bits per heavy atom. The van der Waals surface area contributed by atoms with Crippen LogP contribution in [0, 0.1) is 6.92 Å². The van der Waals surface area contributed by atoms with Gasteiger partial charge in [0, 0.05) is 18.7 Å². The Labute approximate surface area is 113 Å². The van der Waals surface area contributed by atoms with E-state index in [-0.39, 0.29) is 18.7 Å². The summed E-state index contributed by atoms with van der Waals surface area (Å²) in [7, 11) is 0. The van der Waals surface area contributed by atoms with Gasteiger partial charge in [0.25, 0.3) is 0 Å². The molecule has 2 atom stereocenters. The number of nitrogens with one attached hydrogen (secondary N) is 2. The van der Waals surface area contributed by atoms with Crippen LogP contribution < -0.4 is 10.6 Å². The number of aliphatic hydroxyl groups is 1. The Kier molecular flexibility index (Phi) is 4.07. The lowest BCUT2D eigenvalue weighted by Gasteiger charge is -2.26. The third-order valence-corrected chi connectivity index (χ3v) is 3.49. The molecule has 0 saturated carbocycles. The fourth-order valence-corrected chi connectivity index (χ4v) is 2.13. The average Bonchev–Trinajstić information content (AvgIpc) is 2.68. The molecule has 19 heavy (non-hydrogen) atoms. The van der Waals surface area contributed by atoms with Crippen molar-refractivity contribution in [2.45, 2.75) is 32.0 Å². The first-order chi connectivity index (χ1) is 8.99. The zero-order valence-corrected chi connectivity index (χ0v) is 11.3. The van der Waals surface area contributed by atoms with Gasteiger partial charge in [-0.25, -0.2) is 4.79 Å². The highest BCUT2D eigenvalue weighted by molar-refractivity contribution is 5.89. The molecule has 5 nitrogen and oxygen atoms in total. The van der Waals surface area contributed by atoms with E-state index >= 15 is 0 Å². The van der Waals surface area contributed by atoms with Crippen molar-refractivity contribution < 1.29 is 14.6 Å². The van der Waals surface area contributed by atoms with Crippen molar-refractivity contribution in [3.05, 3.63) is 29.8 Å². The smallest absolute Gasteiger partial charge is 0.319 e. The van der Waals surface area contributed by atoms with E-state index in [1.807, 2.05) is 38.1 Å². The van der Waals surface area contributed by atoms with Crippen LogP contribution in [-0.2, 0) is 4.74 Å². The minimum atomic E-state index is -0.968. The molecule has 1 heterocycles. The van der Waals surface area contributed by atoms with Crippen molar-refractivity contribution in [2.75, 3.05) is 18.5 Å². The zero-order chi connectivity index (χ0) is 13.9. The molecule has 0 bridgehead atoms. The number of urea groups is 1. The molecule has 0 aromatic heterocycles. The maximum atomic E-state index is 11.8. The quantitative estimate of drug-likeness (QED) is 0.777. The summed E-state index contributed by atoms with van der Waals surface area (Å²) >= 11 is 0. The predicted molar refractivity (Wildman–Crippen MR) is 73.2 cm³/mol. The number of rotatable bonds is 3. The molecule has 3 N–H and O–H groups in total. The Hall–Kier alpha value is -1.59. The van der Waals surface area contributed by atoms with E-state index in [0.717, 1.165) is 11.3 Å². The van der Waals surface area contributed by atoms with Crippen LogP contribution in [0.15, 0.2) is 24.3 Å². The topological polar surface area (TPSA) is 70.6 Å². The summed E-state index contributed by atoms with van der Waals surface area (Å²) in [6.45, 7) is 4.49. The minimum Gasteiger partial charge on any atom is -0.385 e. The van der Waals surface area contributed by atoms with Crippen LogP contribution in [0.5, 0.6) is 0 Å². The molecule has 2 amide bonds. The third-order valence-electron chi connectivity index (χ3n) is 3.49. The first-order valence-electron chi connectivity index (χ1n) is 6.45. The largest absolute Gasteiger partial charge is 0.385 e. The van der Waals surface area contributed by atoms with E-state index < -0.39 is 5.60 Å². The normalized spacial score (nSPS) is 26.2. The number of aryl methyl sites for hydroxylation is 1. The van der Waals surface area contributed by atoms with E-state index in [2.05, 4.69) is 10.6 Å². The van der Waals surface area contributed by atoms with Crippen LogP contribution in [0.1, 0.15) is 18.9 Å². The van der Waals surface area contributed by atoms with Crippen LogP contribution in [0.3, 0.4) is 0 Å². The molecular weight excluding hydrogens is 244 g/mol. The predicted octanol–water partition coefficient (Wildman–Crippen LogP) is 1.66. The fraction of sp³-hybridized carbons (Fsp3) is 0.500. The van der Waals surface area contributed by atoms with Crippen molar-refractivity contribution in [3.8, 4) is 0 Å². The maximum absolute atomic E-state index is 11.8. The number of hydrogen-bond donors (Lipinski definition) is 3. The maximum Gasteiger partial charge on any atom is 0.319 e. The molecule has 1 fully saturated rings. The molecule has 1 aromatic rings. The first kappa shape index (κ1) is 13.8. The third kappa shape index (κ3) is 3.45. The second-order valence-electron chi connectivity index (χ2n) is 5.04. The number of carbonyl (C=O) groups excluding carboxylic acids is 1. The van der Waals surface area contributed by atoms with Crippen molar-refractivity contribution >= 4 is 11.7 Å². The summed E-state index contributed by atoms with van der Waals surface area (Å²) in [5.41, 5.74) is 0.846. The Balaban J connectivity index is 1.85. The summed E-state index contributed by atoms with van der Waals surface area (Å²) in [6.07, 6.45) is 0.283. The Morgan fingerprint density at radius 2 is 2.37 bits per heavy atom. The molecule has 1 aliphatic heterocycles. The van der Waals surface area contributed by atoms with E-state index in [0.29, 0.717) is 13.0 Å². The fourth-order valence-electron chi connectivity index (χ4n) is 2.13. The van der Waals surface area contributed by atoms with Crippen molar-refractivity contribution in [1.29, 1.82) is 0 Å². The van der Waals surface area contributed by atoms with Crippen LogP contribution >= 0.6 is 0 Å². The second-order valence-corrected chi connectivity index (χ2v) is 5.04. The highest BCUT2D eigenvalue weighted by atomic mass is 16.5. The van der Waals surface area contributed by atoms with Crippen LogP contribution in [0.4, 0.5) is 10.5 Å². The van der Waals surface area contributed by atoms with Gasteiger partial charge in [0.05, 0.1) is 12.6 Å². The molecule has 2 unspecified atom stereocenters. The van der Waals surface area contributed by atoms with Gasteiger partial charge < -0.3 is 20.5 Å². The summed E-state index contributed by atoms with van der Waals surface area (Å²) in [5.74, 6) is 0. The SMILES string of the molecule is Cc1cccc(NC(=O)NCC2(O)CCOC2C)c1. The molecule has 1 aromatic carbocycles. The summed E-state index contributed by atoms with van der Waals surface area (Å²) in [5, 5.41) is 15.7. The van der Waals surface area contributed by atoms with Crippen molar-refractivity contribution in [2.24, 2.45) is 0 Å². The first-order valence-corrected chi connectivity index (χ1v) is 6.45. The van der Waals surface area contributed by atoms with Crippen LogP contribution in [-0.4, -0.2) is 36.0 Å². The zero-order valence-electron chi connectivity index (χ0n) is 11.3. The van der Waals surface area contributed by atoms with E-state index in [4.69, 9.17) is 4.74 Å². The van der Waals surface area contributed by atoms with Gasteiger partial charge in [0.1, 0.15) is 5.60 Å². The second kappa shape index (κ2) is 5.59. The highest BCUT2D eigenvalue weighted by Gasteiger charge is 2.39. The summed E-state index contributed by atoms with van der Waals surface area (Å²) in [6, 6.07) is 7.23. The average molecular weight is 264 g/mol. The molecule has 5 heteroatoms. The van der Waals surface area contributed by atoms with E-state index in [1.165, 1.54) is 0 Å². The number of hydrogen-bond acceptors (Lipinski definition) is 3. The van der Waals surface area contributed by atoms with Crippen molar-refractivity contribution in [1.82, 2.24) is 5.32 Å². The monoisotopic (exact) mass is 264 g/mol. The standard InChI is InChI=1S/C14H20N2O3/c1-10-4-3-5-12(8-10)16-13(17)15-9-14(18)6-7-19-11(14)2/h3-5,8,11,18H,6-7,9H2,1-2H3,(H2,15,16,17). The molecule has 0 spiro atoms. The molecule has 1 saturated heterocycles. The minimum absolute atomic E-state index is 0.186. The van der Waals surface area contributed by atoms with Gasteiger partial charge in [-0.15, -0.1) is 0 Å². The van der Waals surface area contributed by atoms with Gasteiger partial charge in [0.2, 0.25) is 0 Å². The molecular formula is C14H20N2O3.